The van der Waals surface area contributed by atoms with Gasteiger partial charge >= 0.3 is 0 Å². The Bertz CT molecular complexity index is 780. The van der Waals surface area contributed by atoms with Crippen molar-refractivity contribution >= 4 is 0 Å². The molecular formula is C23H27F2NO. The summed E-state index contributed by atoms with van der Waals surface area (Å²) >= 11 is 0. The van der Waals surface area contributed by atoms with Crippen molar-refractivity contribution in [2.24, 2.45) is 11.8 Å². The van der Waals surface area contributed by atoms with E-state index in [9.17, 15) is 9.50 Å². The molecule has 1 saturated carbocycles. The Morgan fingerprint density at radius 2 is 1.78 bits per heavy atom. The molecule has 4 atom stereocenters. The summed E-state index contributed by atoms with van der Waals surface area (Å²) in [6, 6.07) is 14.6. The summed E-state index contributed by atoms with van der Waals surface area (Å²) in [6.07, 6.45) is 1.81. The van der Waals surface area contributed by atoms with Gasteiger partial charge in [0.05, 0.1) is 0 Å². The van der Waals surface area contributed by atoms with E-state index in [0.29, 0.717) is 31.1 Å². The van der Waals surface area contributed by atoms with Crippen molar-refractivity contribution in [1.29, 1.82) is 0 Å². The van der Waals surface area contributed by atoms with Crippen molar-refractivity contribution in [3.8, 4) is 5.75 Å². The molecule has 1 N–H and O–H groups in total. The summed E-state index contributed by atoms with van der Waals surface area (Å²) in [6.45, 7) is 4.77. The van der Waals surface area contributed by atoms with Gasteiger partial charge in [0.2, 0.25) is 0 Å². The molecule has 0 radical (unpaired) electrons. The number of likely N-dealkylation sites (tertiary alicyclic amines) is 1. The molecule has 1 unspecified atom stereocenters. The first-order valence-corrected chi connectivity index (χ1v) is 9.85. The number of nitrogens with zero attached hydrogens (tertiary/aromatic N) is 1. The van der Waals surface area contributed by atoms with Crippen molar-refractivity contribution in [1.82, 2.24) is 4.90 Å². The number of hydrogen-bond acceptors (Lipinski definition) is 2. The van der Waals surface area contributed by atoms with E-state index in [2.05, 4.69) is 11.8 Å². The second-order valence-corrected chi connectivity index (χ2v) is 8.57. The minimum atomic E-state index is -1.07. The number of fused-ring (bicyclic) bond motifs is 1. The van der Waals surface area contributed by atoms with Crippen LogP contribution in [0.1, 0.15) is 36.8 Å². The average Bonchev–Trinajstić information content (AvgIpc) is 3.11. The predicted octanol–water partition coefficient (Wildman–Crippen LogP) is 4.93. The molecule has 2 aromatic carbocycles. The van der Waals surface area contributed by atoms with Crippen molar-refractivity contribution in [3.05, 3.63) is 65.5 Å². The number of phenols is 1. The largest absolute Gasteiger partial charge is 0.505 e. The minimum Gasteiger partial charge on any atom is -0.505 e. The summed E-state index contributed by atoms with van der Waals surface area (Å²) in [4.78, 5) is 2.40. The molecule has 4 rings (SSSR count). The molecule has 2 nitrogen and oxygen atoms in total. The maximum absolute atomic E-state index is 15.4. The van der Waals surface area contributed by atoms with Gasteiger partial charge in [0.1, 0.15) is 5.67 Å². The van der Waals surface area contributed by atoms with Gasteiger partial charge in [-0.05, 0) is 53.9 Å². The van der Waals surface area contributed by atoms with E-state index in [-0.39, 0.29) is 11.7 Å². The van der Waals surface area contributed by atoms with Crippen LogP contribution >= 0.6 is 0 Å². The number of benzene rings is 2. The van der Waals surface area contributed by atoms with E-state index in [1.165, 1.54) is 12.1 Å². The third-order valence-electron chi connectivity index (χ3n) is 6.34. The second-order valence-electron chi connectivity index (χ2n) is 8.57. The molecular weight excluding hydrogens is 344 g/mol. The van der Waals surface area contributed by atoms with Gasteiger partial charge in [-0.25, -0.2) is 8.78 Å². The van der Waals surface area contributed by atoms with Crippen LogP contribution in [0.3, 0.4) is 0 Å². The van der Waals surface area contributed by atoms with Crippen LogP contribution in [0.4, 0.5) is 8.78 Å². The molecule has 0 bridgehead atoms. The van der Waals surface area contributed by atoms with Crippen LogP contribution in [-0.2, 0) is 6.42 Å². The summed E-state index contributed by atoms with van der Waals surface area (Å²) in [5, 5.41) is 9.35. The first-order chi connectivity index (χ1) is 12.9. The van der Waals surface area contributed by atoms with Crippen LogP contribution in [0.2, 0.25) is 0 Å². The highest BCUT2D eigenvalue weighted by Gasteiger charge is 2.49. The van der Waals surface area contributed by atoms with Gasteiger partial charge in [-0.2, -0.15) is 0 Å². The van der Waals surface area contributed by atoms with Crippen molar-refractivity contribution in [2.45, 2.75) is 37.8 Å². The molecule has 1 heterocycles. The third-order valence-corrected chi connectivity index (χ3v) is 6.34. The van der Waals surface area contributed by atoms with Crippen LogP contribution in [0, 0.1) is 17.7 Å². The molecule has 2 fully saturated rings. The fourth-order valence-corrected chi connectivity index (χ4v) is 5.10. The molecule has 1 saturated heterocycles. The van der Waals surface area contributed by atoms with Gasteiger partial charge in [0, 0.05) is 26.1 Å². The van der Waals surface area contributed by atoms with E-state index in [0.717, 1.165) is 30.8 Å². The van der Waals surface area contributed by atoms with Crippen LogP contribution in [-0.4, -0.2) is 35.3 Å². The Morgan fingerprint density at radius 1 is 1.11 bits per heavy atom. The number of phenolic OH excluding ortho intramolecular Hbond substituents is 1. The number of halogens is 2. The highest BCUT2D eigenvalue weighted by Crippen LogP contribution is 2.47. The maximum atomic E-state index is 15.4. The van der Waals surface area contributed by atoms with Gasteiger partial charge in [0.15, 0.2) is 11.6 Å². The van der Waals surface area contributed by atoms with Crippen molar-refractivity contribution in [2.75, 3.05) is 19.6 Å². The van der Waals surface area contributed by atoms with Gasteiger partial charge in [-0.1, -0.05) is 43.3 Å². The van der Waals surface area contributed by atoms with Gasteiger partial charge < -0.3 is 10.0 Å². The van der Waals surface area contributed by atoms with Crippen LogP contribution < -0.4 is 0 Å². The van der Waals surface area contributed by atoms with Gasteiger partial charge in [-0.3, -0.25) is 0 Å². The highest BCUT2D eigenvalue weighted by molar-refractivity contribution is 5.30. The van der Waals surface area contributed by atoms with E-state index >= 15 is 4.39 Å². The summed E-state index contributed by atoms with van der Waals surface area (Å²) in [5.74, 6) is 0.142. The van der Waals surface area contributed by atoms with E-state index in [1.807, 2.05) is 30.3 Å². The highest BCUT2D eigenvalue weighted by atomic mass is 19.1. The topological polar surface area (TPSA) is 23.5 Å². The molecule has 0 aromatic heterocycles. The normalized spacial score (nSPS) is 29.0. The fourth-order valence-electron chi connectivity index (χ4n) is 5.10. The van der Waals surface area contributed by atoms with Gasteiger partial charge in [0.25, 0.3) is 0 Å². The lowest BCUT2D eigenvalue weighted by molar-refractivity contribution is 0.146. The zero-order chi connectivity index (χ0) is 19.0. The van der Waals surface area contributed by atoms with Crippen LogP contribution in [0.15, 0.2) is 48.5 Å². The summed E-state index contributed by atoms with van der Waals surface area (Å²) in [7, 11) is 0. The zero-order valence-electron chi connectivity index (χ0n) is 15.7. The smallest absolute Gasteiger partial charge is 0.165 e. The molecule has 0 spiro atoms. The lowest BCUT2D eigenvalue weighted by Gasteiger charge is -2.25. The first-order valence-electron chi connectivity index (χ1n) is 9.85. The number of aromatic hydroxyl groups is 1. The molecule has 1 aliphatic carbocycles. The standard InChI is InChI=1S/C23H27F2NO/c1-16(18-7-8-22(27)21(24)9-18)13-26-14-19-11-23(25,12-20(19)15-26)10-17-5-3-2-4-6-17/h2-9,16,19-20,27H,10-15H2,1H3/t16?,19-,20+,23+. The molecule has 27 heavy (non-hydrogen) atoms. The predicted molar refractivity (Wildman–Crippen MR) is 103 cm³/mol. The summed E-state index contributed by atoms with van der Waals surface area (Å²) in [5.41, 5.74) is 0.903. The lowest BCUT2D eigenvalue weighted by Crippen LogP contribution is -2.30. The van der Waals surface area contributed by atoms with E-state index < -0.39 is 11.5 Å². The monoisotopic (exact) mass is 371 g/mol. The first kappa shape index (κ1) is 18.4. The number of hydrogen-bond donors (Lipinski definition) is 1. The zero-order valence-corrected chi connectivity index (χ0v) is 15.7. The van der Waals surface area contributed by atoms with Gasteiger partial charge in [-0.15, -0.1) is 0 Å². The maximum Gasteiger partial charge on any atom is 0.165 e. The second kappa shape index (κ2) is 7.23. The van der Waals surface area contributed by atoms with E-state index in [4.69, 9.17) is 0 Å². The fraction of sp³-hybridized carbons (Fsp3) is 0.478. The minimum absolute atomic E-state index is 0.179. The third kappa shape index (κ3) is 4.01. The Hall–Kier alpha value is -1.94. The average molecular weight is 371 g/mol. The molecule has 4 heteroatoms. The molecule has 0 amide bonds. The Kier molecular flexibility index (Phi) is 4.94. The van der Waals surface area contributed by atoms with Crippen LogP contribution in [0.5, 0.6) is 5.75 Å². The Labute approximate surface area is 159 Å². The molecule has 1 aliphatic heterocycles. The quantitative estimate of drug-likeness (QED) is 0.806. The van der Waals surface area contributed by atoms with Crippen LogP contribution in [0.25, 0.3) is 0 Å². The Balaban J connectivity index is 1.33. The van der Waals surface area contributed by atoms with Crippen molar-refractivity contribution < 1.29 is 13.9 Å². The van der Waals surface area contributed by atoms with Crippen molar-refractivity contribution in [3.63, 3.8) is 0 Å². The summed E-state index contributed by atoms with van der Waals surface area (Å²) < 4.78 is 29.0. The number of alkyl halides is 1. The lowest BCUT2D eigenvalue weighted by atomic mass is 9.93. The molecule has 144 valence electrons. The number of rotatable bonds is 5. The Morgan fingerprint density at radius 3 is 2.41 bits per heavy atom. The SMILES string of the molecule is CC(CN1C[C@@H]2C[C@](F)(Cc3ccccc3)C[C@@H]2C1)c1ccc(O)c(F)c1. The molecule has 2 aromatic rings. The van der Waals surface area contributed by atoms with E-state index in [1.54, 1.807) is 6.07 Å². The molecule has 2 aliphatic rings.